The van der Waals surface area contributed by atoms with E-state index in [1.165, 1.54) is 6.07 Å². The SMILES string of the molecule is Cc1cc2c(N3Cc4c(cc(CN5CCC[C@H](C)C5)cc4C(F)(F)F)C3=O)cc(C3(c4nncn4C)CCCC3)cc2[nH]1. The Morgan fingerprint density at radius 1 is 1.09 bits per heavy atom. The first kappa shape index (κ1) is 28.1. The number of benzene rings is 2. The quantitative estimate of drug-likeness (QED) is 0.275. The molecule has 226 valence electrons. The Hall–Kier alpha value is -3.66. The van der Waals surface area contributed by atoms with Gasteiger partial charge in [-0.2, -0.15) is 13.2 Å². The molecule has 1 N–H and O–H groups in total. The highest BCUT2D eigenvalue weighted by molar-refractivity contribution is 6.14. The Balaban J connectivity index is 1.34. The molecule has 0 unspecified atom stereocenters. The molecule has 7 rings (SSSR count). The molecule has 7 nitrogen and oxygen atoms in total. The normalized spacial score (nSPS) is 20.8. The number of amides is 1. The van der Waals surface area contributed by atoms with Crippen molar-refractivity contribution in [3.05, 3.63) is 76.0 Å². The van der Waals surface area contributed by atoms with Gasteiger partial charge in [0.2, 0.25) is 0 Å². The summed E-state index contributed by atoms with van der Waals surface area (Å²) in [6, 6.07) is 9.08. The third-order valence-electron chi connectivity index (χ3n) is 9.84. The van der Waals surface area contributed by atoms with E-state index in [1.54, 1.807) is 17.3 Å². The summed E-state index contributed by atoms with van der Waals surface area (Å²) in [5.74, 6) is 0.989. The molecular weight excluding hydrogens is 553 g/mol. The van der Waals surface area contributed by atoms with Crippen LogP contribution in [0.15, 0.2) is 36.7 Å². The van der Waals surface area contributed by atoms with Crippen LogP contribution in [0.1, 0.15) is 89.6 Å². The largest absolute Gasteiger partial charge is 0.416 e. The van der Waals surface area contributed by atoms with Crippen molar-refractivity contribution in [2.75, 3.05) is 18.0 Å². The average Bonchev–Trinajstić information content (AvgIpc) is 3.74. The Morgan fingerprint density at radius 3 is 2.58 bits per heavy atom. The highest BCUT2D eigenvalue weighted by Gasteiger charge is 2.44. The maximum Gasteiger partial charge on any atom is 0.416 e. The summed E-state index contributed by atoms with van der Waals surface area (Å²) < 4.78 is 45.5. The predicted molar refractivity (Wildman–Crippen MR) is 159 cm³/mol. The minimum Gasteiger partial charge on any atom is -0.359 e. The molecule has 4 aromatic rings. The van der Waals surface area contributed by atoms with E-state index in [4.69, 9.17) is 0 Å². The van der Waals surface area contributed by atoms with Gasteiger partial charge in [0.25, 0.3) is 5.91 Å². The zero-order chi connectivity index (χ0) is 30.1. The number of H-pyrrole nitrogens is 1. The van der Waals surface area contributed by atoms with Gasteiger partial charge in [0.1, 0.15) is 12.2 Å². The summed E-state index contributed by atoms with van der Waals surface area (Å²) >= 11 is 0. The molecule has 1 saturated heterocycles. The zero-order valence-electron chi connectivity index (χ0n) is 24.9. The molecule has 43 heavy (non-hydrogen) atoms. The highest BCUT2D eigenvalue weighted by atomic mass is 19.4. The number of aryl methyl sites for hydroxylation is 2. The number of nitrogens with zero attached hydrogens (tertiary/aromatic N) is 5. The van der Waals surface area contributed by atoms with Crippen LogP contribution < -0.4 is 4.90 Å². The van der Waals surface area contributed by atoms with Gasteiger partial charge in [-0.3, -0.25) is 9.69 Å². The molecule has 1 atom stereocenters. The van der Waals surface area contributed by atoms with Crippen molar-refractivity contribution in [1.29, 1.82) is 0 Å². The van der Waals surface area contributed by atoms with E-state index in [9.17, 15) is 18.0 Å². The number of rotatable bonds is 5. The van der Waals surface area contributed by atoms with Gasteiger partial charge < -0.3 is 14.5 Å². The minimum absolute atomic E-state index is 0.0583. The van der Waals surface area contributed by atoms with Crippen LogP contribution in [0.25, 0.3) is 10.9 Å². The summed E-state index contributed by atoms with van der Waals surface area (Å²) in [7, 11) is 1.94. The van der Waals surface area contributed by atoms with Crippen LogP contribution in [-0.2, 0) is 31.7 Å². The van der Waals surface area contributed by atoms with Crippen molar-refractivity contribution >= 4 is 22.5 Å². The summed E-state index contributed by atoms with van der Waals surface area (Å²) in [6.45, 7) is 6.12. The fourth-order valence-electron chi connectivity index (χ4n) is 7.89. The van der Waals surface area contributed by atoms with Gasteiger partial charge in [0.15, 0.2) is 0 Å². The molecule has 1 saturated carbocycles. The predicted octanol–water partition coefficient (Wildman–Crippen LogP) is 6.88. The molecule has 4 heterocycles. The van der Waals surface area contributed by atoms with Crippen LogP contribution in [0.4, 0.5) is 18.9 Å². The van der Waals surface area contributed by atoms with Gasteiger partial charge in [0.05, 0.1) is 23.2 Å². The second-order valence-corrected chi connectivity index (χ2v) is 13.0. The van der Waals surface area contributed by atoms with Crippen LogP contribution in [-0.4, -0.2) is 43.6 Å². The fourth-order valence-corrected chi connectivity index (χ4v) is 7.89. The first-order chi connectivity index (χ1) is 20.5. The monoisotopic (exact) mass is 590 g/mol. The van der Waals surface area contributed by atoms with E-state index >= 15 is 0 Å². The van der Waals surface area contributed by atoms with E-state index in [2.05, 4.69) is 33.1 Å². The number of aromatic amines is 1. The third kappa shape index (κ3) is 4.74. The van der Waals surface area contributed by atoms with Crippen molar-refractivity contribution in [1.82, 2.24) is 24.6 Å². The molecule has 3 aliphatic rings. The molecule has 2 aromatic heterocycles. The second-order valence-electron chi connectivity index (χ2n) is 13.0. The number of hydrogen-bond acceptors (Lipinski definition) is 4. The van der Waals surface area contributed by atoms with Crippen LogP contribution >= 0.6 is 0 Å². The lowest BCUT2D eigenvalue weighted by molar-refractivity contribution is -0.138. The van der Waals surface area contributed by atoms with Crippen LogP contribution in [0, 0.1) is 12.8 Å². The van der Waals surface area contributed by atoms with Crippen molar-refractivity contribution in [2.24, 2.45) is 13.0 Å². The lowest BCUT2D eigenvalue weighted by Crippen LogP contribution is -2.33. The van der Waals surface area contributed by atoms with E-state index in [-0.39, 0.29) is 23.6 Å². The second kappa shape index (κ2) is 10.2. The van der Waals surface area contributed by atoms with Crippen molar-refractivity contribution in [3.63, 3.8) is 0 Å². The molecule has 1 amide bonds. The number of nitrogens with one attached hydrogen (secondary N) is 1. The Labute approximate surface area is 249 Å². The number of anilines is 1. The number of aromatic nitrogens is 4. The van der Waals surface area contributed by atoms with Gasteiger partial charge in [-0.1, -0.05) is 19.8 Å². The number of alkyl halides is 3. The van der Waals surface area contributed by atoms with Crippen molar-refractivity contribution in [3.8, 4) is 0 Å². The maximum absolute atomic E-state index is 14.5. The summed E-state index contributed by atoms with van der Waals surface area (Å²) in [5, 5.41) is 9.48. The number of fused-ring (bicyclic) bond motifs is 2. The first-order valence-electron chi connectivity index (χ1n) is 15.3. The van der Waals surface area contributed by atoms with Crippen LogP contribution in [0.5, 0.6) is 0 Å². The first-order valence-corrected chi connectivity index (χ1v) is 15.3. The van der Waals surface area contributed by atoms with Gasteiger partial charge in [-0.25, -0.2) is 0 Å². The number of carbonyl (C=O) groups excluding carboxylic acids is 1. The summed E-state index contributed by atoms with van der Waals surface area (Å²) in [4.78, 5) is 21.3. The zero-order valence-corrected chi connectivity index (χ0v) is 24.9. The number of halogens is 3. The number of likely N-dealkylation sites (tertiary alicyclic amines) is 1. The number of carbonyl (C=O) groups is 1. The number of hydrogen-bond donors (Lipinski definition) is 1. The molecule has 2 fully saturated rings. The molecule has 0 bridgehead atoms. The van der Waals surface area contributed by atoms with Gasteiger partial charge in [0, 0.05) is 42.3 Å². The maximum atomic E-state index is 14.5. The molecule has 2 aromatic carbocycles. The molecule has 1 aliphatic carbocycles. The molecule has 10 heteroatoms. The topological polar surface area (TPSA) is 70.0 Å². The molecule has 0 spiro atoms. The average molecular weight is 591 g/mol. The lowest BCUT2D eigenvalue weighted by Gasteiger charge is -2.31. The Kier molecular flexibility index (Phi) is 6.68. The smallest absolute Gasteiger partial charge is 0.359 e. The van der Waals surface area contributed by atoms with Gasteiger partial charge in [-0.15, -0.1) is 10.2 Å². The fraction of sp³-hybridized carbons (Fsp3) is 0.485. The lowest BCUT2D eigenvalue weighted by atomic mass is 9.77. The van der Waals surface area contributed by atoms with Crippen LogP contribution in [0.3, 0.4) is 0 Å². The van der Waals surface area contributed by atoms with Gasteiger partial charge in [-0.05, 0) is 92.1 Å². The number of piperidine rings is 1. The third-order valence-corrected chi connectivity index (χ3v) is 9.84. The summed E-state index contributed by atoms with van der Waals surface area (Å²) in [5.41, 5.74) is 3.08. The van der Waals surface area contributed by atoms with Crippen molar-refractivity contribution in [2.45, 2.75) is 77.1 Å². The van der Waals surface area contributed by atoms with E-state index in [0.29, 0.717) is 23.7 Å². The van der Waals surface area contributed by atoms with E-state index in [1.807, 2.05) is 30.7 Å². The standard InChI is InChI=1S/C33H37F3N6O/c1-20-7-6-10-41(16-20)17-22-12-24-26(27(13-22)33(34,35)36)18-42(30(24)43)29-15-23(14-28-25(29)11-21(2)38-28)32(8-4-5-9-32)31-39-37-19-40(31)3/h11-15,19-20,38H,4-10,16-18H2,1-3H3/t20-/m0/s1. The minimum atomic E-state index is -4.56. The van der Waals surface area contributed by atoms with Gasteiger partial charge >= 0.3 is 6.18 Å². The highest BCUT2D eigenvalue weighted by Crippen LogP contribution is 2.49. The molecular formula is C33H37F3N6O. The Morgan fingerprint density at radius 2 is 1.88 bits per heavy atom. The molecule has 2 aliphatic heterocycles. The molecule has 0 radical (unpaired) electrons. The Bertz CT molecular complexity index is 1710. The summed E-state index contributed by atoms with van der Waals surface area (Å²) in [6.07, 6.45) is 3.14. The van der Waals surface area contributed by atoms with Crippen molar-refractivity contribution < 1.29 is 18.0 Å². The van der Waals surface area contributed by atoms with E-state index in [0.717, 1.165) is 79.6 Å². The van der Waals surface area contributed by atoms with E-state index < -0.39 is 17.2 Å². The van der Waals surface area contributed by atoms with Crippen LogP contribution in [0.2, 0.25) is 0 Å².